The Kier molecular flexibility index (Phi) is 5.40. The van der Waals surface area contributed by atoms with Crippen LogP contribution in [-0.2, 0) is 9.53 Å². The van der Waals surface area contributed by atoms with Crippen LogP contribution in [0.15, 0.2) is 0 Å². The minimum Gasteiger partial charge on any atom is -0.385 e. The lowest BCUT2D eigenvalue weighted by Gasteiger charge is -2.20. The number of carbonyl (C=O) groups excluding carboxylic acids is 1. The highest BCUT2D eigenvalue weighted by atomic mass is 16.5. The van der Waals surface area contributed by atoms with Crippen molar-refractivity contribution in [2.45, 2.75) is 45.6 Å². The van der Waals surface area contributed by atoms with Gasteiger partial charge >= 0.3 is 0 Å². The van der Waals surface area contributed by atoms with E-state index in [1.807, 2.05) is 6.92 Å². The standard InChI is InChI=1S/C13H26N2O2/c1-4-10(2)11(14)12(16)15-9-13(5-6-13)7-8-17-3/h10-11H,4-9,14H2,1-3H3,(H,15,16)/t10?,11-/m0/s1. The van der Waals surface area contributed by atoms with Gasteiger partial charge < -0.3 is 15.8 Å². The number of ether oxygens (including phenoxy) is 1. The van der Waals surface area contributed by atoms with Crippen molar-refractivity contribution >= 4 is 5.91 Å². The molecule has 0 bridgehead atoms. The van der Waals surface area contributed by atoms with Crippen LogP contribution < -0.4 is 11.1 Å². The van der Waals surface area contributed by atoms with E-state index < -0.39 is 0 Å². The topological polar surface area (TPSA) is 64.4 Å². The Morgan fingerprint density at radius 1 is 1.53 bits per heavy atom. The van der Waals surface area contributed by atoms with Crippen LogP contribution in [0.3, 0.4) is 0 Å². The zero-order chi connectivity index (χ0) is 12.9. The average molecular weight is 242 g/mol. The molecule has 3 N–H and O–H groups in total. The van der Waals surface area contributed by atoms with Gasteiger partial charge in [-0.1, -0.05) is 20.3 Å². The summed E-state index contributed by atoms with van der Waals surface area (Å²) in [5, 5.41) is 2.99. The van der Waals surface area contributed by atoms with Gasteiger partial charge in [0.15, 0.2) is 0 Å². The summed E-state index contributed by atoms with van der Waals surface area (Å²) in [4.78, 5) is 11.8. The van der Waals surface area contributed by atoms with Gasteiger partial charge in [-0.05, 0) is 30.6 Å². The summed E-state index contributed by atoms with van der Waals surface area (Å²) in [5.74, 6) is 0.229. The van der Waals surface area contributed by atoms with Crippen molar-refractivity contribution in [3.63, 3.8) is 0 Å². The zero-order valence-corrected chi connectivity index (χ0v) is 11.3. The molecule has 2 atom stereocenters. The largest absolute Gasteiger partial charge is 0.385 e. The van der Waals surface area contributed by atoms with Crippen molar-refractivity contribution in [1.29, 1.82) is 0 Å². The summed E-state index contributed by atoms with van der Waals surface area (Å²) in [6, 6.07) is -0.377. The van der Waals surface area contributed by atoms with Crippen LogP contribution in [0.4, 0.5) is 0 Å². The molecular formula is C13H26N2O2. The third-order valence-electron chi connectivity index (χ3n) is 3.99. The van der Waals surface area contributed by atoms with Crippen molar-refractivity contribution in [2.24, 2.45) is 17.1 Å². The first kappa shape index (κ1) is 14.5. The second-order valence-corrected chi connectivity index (χ2v) is 5.37. The van der Waals surface area contributed by atoms with Crippen LogP contribution in [0, 0.1) is 11.3 Å². The minimum atomic E-state index is -0.377. The maximum atomic E-state index is 11.8. The highest BCUT2D eigenvalue weighted by Gasteiger charge is 2.42. The molecule has 0 aromatic carbocycles. The fraction of sp³-hybridized carbons (Fsp3) is 0.923. The quantitative estimate of drug-likeness (QED) is 0.674. The average Bonchev–Trinajstić information content (AvgIpc) is 3.12. The predicted molar refractivity (Wildman–Crippen MR) is 68.6 cm³/mol. The van der Waals surface area contributed by atoms with Crippen LogP contribution in [0.1, 0.15) is 39.5 Å². The van der Waals surface area contributed by atoms with E-state index in [2.05, 4.69) is 12.2 Å². The smallest absolute Gasteiger partial charge is 0.237 e. The molecule has 0 heterocycles. The molecule has 100 valence electrons. The number of hydrogen-bond donors (Lipinski definition) is 2. The SMILES string of the molecule is CCC(C)[C@H](N)C(=O)NCC1(CCOC)CC1. The zero-order valence-electron chi connectivity index (χ0n) is 11.3. The Morgan fingerprint density at radius 3 is 2.65 bits per heavy atom. The molecule has 1 aliphatic rings. The van der Waals surface area contributed by atoms with Gasteiger partial charge in [-0.2, -0.15) is 0 Å². The van der Waals surface area contributed by atoms with Crippen molar-refractivity contribution in [1.82, 2.24) is 5.32 Å². The first-order valence-electron chi connectivity index (χ1n) is 6.57. The summed E-state index contributed by atoms with van der Waals surface area (Å²) >= 11 is 0. The lowest BCUT2D eigenvalue weighted by Crippen LogP contribution is -2.46. The molecule has 4 nitrogen and oxygen atoms in total. The van der Waals surface area contributed by atoms with Gasteiger partial charge in [-0.25, -0.2) is 0 Å². The maximum absolute atomic E-state index is 11.8. The van der Waals surface area contributed by atoms with Crippen LogP contribution in [0.2, 0.25) is 0 Å². The molecule has 0 aromatic heterocycles. The molecule has 0 aromatic rings. The molecule has 0 spiro atoms. The Morgan fingerprint density at radius 2 is 2.18 bits per heavy atom. The molecule has 1 saturated carbocycles. The van der Waals surface area contributed by atoms with Crippen molar-refractivity contribution in [2.75, 3.05) is 20.3 Å². The molecular weight excluding hydrogens is 216 g/mol. The van der Waals surface area contributed by atoms with E-state index in [-0.39, 0.29) is 17.9 Å². The molecule has 1 amide bonds. The number of hydrogen-bond acceptors (Lipinski definition) is 3. The van der Waals surface area contributed by atoms with Crippen LogP contribution in [0.25, 0.3) is 0 Å². The van der Waals surface area contributed by atoms with E-state index in [1.54, 1.807) is 7.11 Å². The highest BCUT2D eigenvalue weighted by molar-refractivity contribution is 5.81. The summed E-state index contributed by atoms with van der Waals surface area (Å²) in [5.41, 5.74) is 6.18. The van der Waals surface area contributed by atoms with Gasteiger partial charge in [0.1, 0.15) is 0 Å². The fourth-order valence-corrected chi connectivity index (χ4v) is 1.92. The highest BCUT2D eigenvalue weighted by Crippen LogP contribution is 2.48. The molecule has 0 radical (unpaired) electrons. The molecule has 4 heteroatoms. The number of rotatable bonds is 8. The first-order valence-corrected chi connectivity index (χ1v) is 6.57. The number of nitrogens with one attached hydrogen (secondary N) is 1. The normalized spacial score (nSPS) is 20.7. The summed E-state index contributed by atoms with van der Waals surface area (Å²) in [6.45, 7) is 5.59. The summed E-state index contributed by atoms with van der Waals surface area (Å²) in [7, 11) is 1.72. The van der Waals surface area contributed by atoms with E-state index in [9.17, 15) is 4.79 Å². The summed E-state index contributed by atoms with van der Waals surface area (Å²) < 4.78 is 5.09. The number of methoxy groups -OCH3 is 1. The van der Waals surface area contributed by atoms with E-state index in [4.69, 9.17) is 10.5 Å². The Bertz CT molecular complexity index is 252. The number of amides is 1. The molecule has 1 fully saturated rings. The van der Waals surface area contributed by atoms with Gasteiger partial charge in [0.25, 0.3) is 0 Å². The van der Waals surface area contributed by atoms with Crippen LogP contribution in [-0.4, -0.2) is 32.2 Å². The Hall–Kier alpha value is -0.610. The first-order chi connectivity index (χ1) is 8.04. The second kappa shape index (κ2) is 6.36. The van der Waals surface area contributed by atoms with Crippen LogP contribution >= 0.6 is 0 Å². The maximum Gasteiger partial charge on any atom is 0.237 e. The van der Waals surface area contributed by atoms with Crippen molar-refractivity contribution in [3.8, 4) is 0 Å². The molecule has 17 heavy (non-hydrogen) atoms. The third-order valence-corrected chi connectivity index (χ3v) is 3.99. The van der Waals surface area contributed by atoms with Gasteiger partial charge in [-0.3, -0.25) is 4.79 Å². The molecule has 1 rings (SSSR count). The molecule has 0 saturated heterocycles. The fourth-order valence-electron chi connectivity index (χ4n) is 1.92. The second-order valence-electron chi connectivity index (χ2n) is 5.37. The third kappa shape index (κ3) is 4.28. The predicted octanol–water partition coefficient (Wildman–Crippen LogP) is 1.29. The van der Waals surface area contributed by atoms with Crippen LogP contribution in [0.5, 0.6) is 0 Å². The summed E-state index contributed by atoms with van der Waals surface area (Å²) in [6.07, 6.45) is 4.34. The van der Waals surface area contributed by atoms with Crippen molar-refractivity contribution in [3.05, 3.63) is 0 Å². The minimum absolute atomic E-state index is 0.0111. The van der Waals surface area contributed by atoms with Crippen molar-refractivity contribution < 1.29 is 9.53 Å². The van der Waals surface area contributed by atoms with Gasteiger partial charge in [0, 0.05) is 20.3 Å². The Labute approximate surface area is 104 Å². The lowest BCUT2D eigenvalue weighted by molar-refractivity contribution is -0.123. The van der Waals surface area contributed by atoms with E-state index in [1.165, 1.54) is 12.8 Å². The van der Waals surface area contributed by atoms with Gasteiger partial charge in [0.05, 0.1) is 6.04 Å². The lowest BCUT2D eigenvalue weighted by atomic mass is 9.98. The van der Waals surface area contributed by atoms with E-state index in [0.29, 0.717) is 5.41 Å². The molecule has 0 aliphatic heterocycles. The molecule has 1 unspecified atom stereocenters. The molecule has 1 aliphatic carbocycles. The number of nitrogens with two attached hydrogens (primary N) is 1. The van der Waals surface area contributed by atoms with E-state index in [0.717, 1.165) is 26.0 Å². The van der Waals surface area contributed by atoms with Gasteiger partial charge in [0.2, 0.25) is 5.91 Å². The number of carbonyl (C=O) groups is 1. The van der Waals surface area contributed by atoms with Gasteiger partial charge in [-0.15, -0.1) is 0 Å². The van der Waals surface area contributed by atoms with E-state index >= 15 is 0 Å². The monoisotopic (exact) mass is 242 g/mol. The Balaban J connectivity index is 2.28.